The number of aryl methyl sites for hydroxylation is 2. The molecule has 0 aliphatic rings. The fourth-order valence-corrected chi connectivity index (χ4v) is 2.99. The zero-order valence-corrected chi connectivity index (χ0v) is 15.0. The molecule has 0 saturated heterocycles. The summed E-state index contributed by atoms with van der Waals surface area (Å²) in [5.74, 6) is 0.369. The van der Waals surface area contributed by atoms with Gasteiger partial charge in [0.1, 0.15) is 5.69 Å². The van der Waals surface area contributed by atoms with E-state index in [4.69, 9.17) is 5.11 Å². The number of hydrogen-bond donors (Lipinski definition) is 1. The van der Waals surface area contributed by atoms with Crippen LogP contribution >= 0.6 is 0 Å². The van der Waals surface area contributed by atoms with Crippen LogP contribution in [0.5, 0.6) is 0 Å². The molecule has 27 heavy (non-hydrogen) atoms. The predicted octanol–water partition coefficient (Wildman–Crippen LogP) is -0.289. The van der Waals surface area contributed by atoms with Crippen LogP contribution in [0.25, 0.3) is 28.4 Å². The number of fused-ring (bicyclic) bond motifs is 1. The van der Waals surface area contributed by atoms with Gasteiger partial charge >= 0.3 is 5.69 Å². The molecule has 0 atom stereocenters. The highest BCUT2D eigenvalue weighted by Crippen LogP contribution is 2.19. The van der Waals surface area contributed by atoms with E-state index in [1.165, 1.54) is 16.3 Å². The summed E-state index contributed by atoms with van der Waals surface area (Å²) in [5.41, 5.74) is 1.98. The number of nitrogens with zero attached hydrogens (tertiary/aromatic N) is 7. The number of aromatic nitrogens is 7. The molecule has 0 spiro atoms. The summed E-state index contributed by atoms with van der Waals surface area (Å²) in [6, 6.07) is 7.30. The minimum Gasteiger partial charge on any atom is -0.392 e. The third kappa shape index (κ3) is 2.49. The molecule has 3 heterocycles. The second kappa shape index (κ2) is 6.02. The second-order valence-corrected chi connectivity index (χ2v) is 6.25. The molecule has 0 bridgehead atoms. The van der Waals surface area contributed by atoms with Gasteiger partial charge in [-0.3, -0.25) is 13.9 Å². The van der Waals surface area contributed by atoms with E-state index in [1.807, 2.05) is 24.3 Å². The molecular weight excluding hydrogens is 350 g/mol. The van der Waals surface area contributed by atoms with Gasteiger partial charge in [0.05, 0.1) is 12.8 Å². The highest BCUT2D eigenvalue weighted by Gasteiger charge is 2.19. The predicted molar refractivity (Wildman–Crippen MR) is 97.5 cm³/mol. The molecule has 4 rings (SSSR count). The molecule has 0 unspecified atom stereocenters. The molecule has 10 heteroatoms. The van der Waals surface area contributed by atoms with Crippen molar-refractivity contribution in [1.29, 1.82) is 0 Å². The number of rotatable bonds is 3. The average molecular weight is 367 g/mol. The lowest BCUT2D eigenvalue weighted by Gasteiger charge is -2.03. The first-order chi connectivity index (χ1) is 12.9. The Labute approximate surface area is 152 Å². The van der Waals surface area contributed by atoms with Crippen molar-refractivity contribution >= 4 is 11.2 Å². The lowest BCUT2D eigenvalue weighted by molar-refractivity contribution is 0.282. The van der Waals surface area contributed by atoms with Gasteiger partial charge in [-0.05, 0) is 5.56 Å². The van der Waals surface area contributed by atoms with Crippen LogP contribution in [-0.2, 0) is 27.7 Å². The van der Waals surface area contributed by atoms with Gasteiger partial charge in [-0.25, -0.2) is 4.79 Å². The van der Waals surface area contributed by atoms with Gasteiger partial charge < -0.3 is 9.67 Å². The van der Waals surface area contributed by atoms with Gasteiger partial charge in [0, 0.05) is 26.7 Å². The molecule has 4 aromatic rings. The molecular formula is C17H17N7O3. The average Bonchev–Trinajstić information content (AvgIpc) is 3.29. The molecule has 0 aliphatic heterocycles. The first-order valence-electron chi connectivity index (χ1n) is 8.17. The third-order valence-electron chi connectivity index (χ3n) is 4.58. The van der Waals surface area contributed by atoms with Crippen LogP contribution in [0, 0.1) is 0 Å². The molecule has 1 N–H and O–H groups in total. The molecule has 0 aliphatic carbocycles. The van der Waals surface area contributed by atoms with Gasteiger partial charge in [0.15, 0.2) is 11.2 Å². The summed E-state index contributed by atoms with van der Waals surface area (Å²) in [6.07, 6.45) is 1.69. The van der Waals surface area contributed by atoms with Gasteiger partial charge in [-0.1, -0.05) is 29.5 Å². The quantitative estimate of drug-likeness (QED) is 0.532. The van der Waals surface area contributed by atoms with Gasteiger partial charge in [0.2, 0.25) is 5.95 Å². The van der Waals surface area contributed by atoms with Crippen molar-refractivity contribution in [1.82, 2.24) is 33.7 Å². The van der Waals surface area contributed by atoms with Crippen molar-refractivity contribution in [3.05, 3.63) is 56.9 Å². The first kappa shape index (κ1) is 16.9. The van der Waals surface area contributed by atoms with Crippen LogP contribution < -0.4 is 11.2 Å². The SMILES string of the molecule is Cn1c(=O)c2c(nc(-n3cc(-c4ccc(CO)cc4)nn3)n2C)n(C)c1=O. The van der Waals surface area contributed by atoms with Crippen LogP contribution in [0.1, 0.15) is 5.56 Å². The van der Waals surface area contributed by atoms with E-state index in [0.29, 0.717) is 17.2 Å². The monoisotopic (exact) mass is 367 g/mol. The standard InChI is InChI=1S/C17H17N7O3/c1-21-13-14(22(2)17(27)23(3)15(13)26)18-16(21)24-8-12(19-20-24)11-6-4-10(9-25)5-7-11/h4-8,25H,9H2,1-3H3. The Hall–Kier alpha value is -3.53. The number of benzene rings is 1. The normalized spacial score (nSPS) is 11.4. The van der Waals surface area contributed by atoms with E-state index < -0.39 is 11.2 Å². The molecule has 138 valence electrons. The molecule has 1 aromatic carbocycles. The van der Waals surface area contributed by atoms with Crippen molar-refractivity contribution in [3.8, 4) is 17.2 Å². The highest BCUT2D eigenvalue weighted by molar-refractivity contribution is 5.72. The summed E-state index contributed by atoms with van der Waals surface area (Å²) in [4.78, 5) is 29.0. The minimum absolute atomic E-state index is 0.0273. The van der Waals surface area contributed by atoms with E-state index in [9.17, 15) is 9.59 Å². The molecule has 0 radical (unpaired) electrons. The van der Waals surface area contributed by atoms with Gasteiger partial charge in [-0.15, -0.1) is 5.10 Å². The maximum absolute atomic E-state index is 12.5. The van der Waals surface area contributed by atoms with Crippen LogP contribution in [0.3, 0.4) is 0 Å². The van der Waals surface area contributed by atoms with Crippen molar-refractivity contribution < 1.29 is 5.11 Å². The first-order valence-corrected chi connectivity index (χ1v) is 8.17. The number of aliphatic hydroxyl groups excluding tert-OH is 1. The smallest absolute Gasteiger partial charge is 0.332 e. The van der Waals surface area contributed by atoms with E-state index >= 15 is 0 Å². The Bertz CT molecular complexity index is 1280. The largest absolute Gasteiger partial charge is 0.392 e. The van der Waals surface area contributed by atoms with Crippen molar-refractivity contribution in [3.63, 3.8) is 0 Å². The zero-order chi connectivity index (χ0) is 19.3. The number of hydrogen-bond acceptors (Lipinski definition) is 6. The lowest BCUT2D eigenvalue weighted by Crippen LogP contribution is -2.37. The summed E-state index contributed by atoms with van der Waals surface area (Å²) in [5, 5.41) is 17.4. The molecule has 0 saturated carbocycles. The van der Waals surface area contributed by atoms with Crippen molar-refractivity contribution in [2.45, 2.75) is 6.61 Å². The number of imidazole rings is 1. The van der Waals surface area contributed by atoms with Crippen molar-refractivity contribution in [2.75, 3.05) is 0 Å². The second-order valence-electron chi connectivity index (χ2n) is 6.25. The fourth-order valence-electron chi connectivity index (χ4n) is 2.99. The van der Waals surface area contributed by atoms with Crippen LogP contribution in [-0.4, -0.2) is 38.8 Å². The maximum atomic E-state index is 12.5. The zero-order valence-electron chi connectivity index (χ0n) is 15.0. The molecule has 3 aromatic heterocycles. The van der Waals surface area contributed by atoms with Gasteiger partial charge in [0.25, 0.3) is 5.56 Å². The van der Waals surface area contributed by atoms with E-state index in [0.717, 1.165) is 15.7 Å². The Morgan fingerprint density at radius 3 is 2.37 bits per heavy atom. The third-order valence-corrected chi connectivity index (χ3v) is 4.58. The Kier molecular flexibility index (Phi) is 3.77. The van der Waals surface area contributed by atoms with Crippen LogP contribution in [0.4, 0.5) is 0 Å². The van der Waals surface area contributed by atoms with Crippen molar-refractivity contribution in [2.24, 2.45) is 21.1 Å². The number of aliphatic hydroxyl groups is 1. The molecule has 10 nitrogen and oxygen atoms in total. The Morgan fingerprint density at radius 2 is 1.70 bits per heavy atom. The molecule has 0 amide bonds. The minimum atomic E-state index is -0.444. The van der Waals surface area contributed by atoms with Crippen LogP contribution in [0.15, 0.2) is 40.1 Å². The summed E-state index contributed by atoms with van der Waals surface area (Å²) in [7, 11) is 4.69. The summed E-state index contributed by atoms with van der Waals surface area (Å²) in [6.45, 7) is -0.0273. The van der Waals surface area contributed by atoms with Crippen LogP contribution in [0.2, 0.25) is 0 Å². The maximum Gasteiger partial charge on any atom is 0.332 e. The highest BCUT2D eigenvalue weighted by atomic mass is 16.3. The van der Waals surface area contributed by atoms with E-state index in [2.05, 4.69) is 15.3 Å². The topological polar surface area (TPSA) is 113 Å². The Morgan fingerprint density at radius 1 is 1.00 bits per heavy atom. The Balaban J connectivity index is 1.86. The summed E-state index contributed by atoms with van der Waals surface area (Å²) < 4.78 is 5.42. The van der Waals surface area contributed by atoms with E-state index in [-0.39, 0.29) is 12.3 Å². The molecule has 0 fully saturated rings. The van der Waals surface area contributed by atoms with E-state index in [1.54, 1.807) is 24.9 Å². The lowest BCUT2D eigenvalue weighted by atomic mass is 10.1. The fraction of sp³-hybridized carbons (Fsp3) is 0.235. The van der Waals surface area contributed by atoms with Gasteiger partial charge in [-0.2, -0.15) is 9.67 Å². The summed E-state index contributed by atoms with van der Waals surface area (Å²) >= 11 is 0.